The highest BCUT2D eigenvalue weighted by Crippen LogP contribution is 2.44. The third kappa shape index (κ3) is 6.13. The number of carbonyl (C=O) groups excluding carboxylic acids is 2. The SMILES string of the molecule is CCOc1ccc(/C(O)=C2/C(=O)C(=O)N(c3nnc(SCc4ccc(C)cc4)s3)C2c2ccc(OCC)cc2)cc1. The van der Waals surface area contributed by atoms with Crippen molar-refractivity contribution in [3.8, 4) is 11.5 Å². The Morgan fingerprint density at radius 2 is 1.51 bits per heavy atom. The van der Waals surface area contributed by atoms with Gasteiger partial charge in [0.15, 0.2) is 4.34 Å². The summed E-state index contributed by atoms with van der Waals surface area (Å²) in [5.41, 5.74) is 3.33. The van der Waals surface area contributed by atoms with Gasteiger partial charge in [0.05, 0.1) is 24.8 Å². The van der Waals surface area contributed by atoms with Gasteiger partial charge in [-0.2, -0.15) is 0 Å². The quantitative estimate of drug-likeness (QED) is 0.0732. The molecule has 1 atom stereocenters. The Bertz CT molecular complexity index is 1560. The number of nitrogens with zero attached hydrogens (tertiary/aromatic N) is 3. The number of benzene rings is 3. The van der Waals surface area contributed by atoms with E-state index in [0.29, 0.717) is 45.9 Å². The molecule has 1 saturated heterocycles. The summed E-state index contributed by atoms with van der Waals surface area (Å²) < 4.78 is 11.7. The Balaban J connectivity index is 1.52. The van der Waals surface area contributed by atoms with Crippen LogP contribution in [0.15, 0.2) is 82.7 Å². The fraction of sp³-hybridized carbons (Fsp3) is 0.226. The van der Waals surface area contributed by atoms with Crippen molar-refractivity contribution in [2.24, 2.45) is 0 Å². The maximum atomic E-state index is 13.5. The number of ether oxygens (including phenoxy) is 2. The summed E-state index contributed by atoms with van der Waals surface area (Å²) in [5, 5.41) is 20.2. The molecule has 0 bridgehead atoms. The lowest BCUT2D eigenvalue weighted by molar-refractivity contribution is -0.132. The molecule has 1 aromatic heterocycles. The monoisotopic (exact) mass is 587 g/mol. The van der Waals surface area contributed by atoms with Crippen LogP contribution in [0.3, 0.4) is 0 Å². The number of aryl methyl sites for hydroxylation is 1. The number of thioether (sulfide) groups is 1. The van der Waals surface area contributed by atoms with Gasteiger partial charge in [0.25, 0.3) is 5.78 Å². The first kappa shape index (κ1) is 28.4. The summed E-state index contributed by atoms with van der Waals surface area (Å²) in [6.07, 6.45) is 0. The Kier molecular flexibility index (Phi) is 8.70. The number of amides is 1. The molecule has 41 heavy (non-hydrogen) atoms. The zero-order valence-electron chi connectivity index (χ0n) is 22.9. The third-order valence-electron chi connectivity index (χ3n) is 6.47. The number of aliphatic hydroxyl groups is 1. The van der Waals surface area contributed by atoms with E-state index in [1.54, 1.807) is 48.5 Å². The summed E-state index contributed by atoms with van der Waals surface area (Å²) in [7, 11) is 0. The minimum Gasteiger partial charge on any atom is -0.507 e. The largest absolute Gasteiger partial charge is 0.507 e. The molecule has 1 fully saturated rings. The number of aliphatic hydroxyl groups excluding tert-OH is 1. The first-order valence-electron chi connectivity index (χ1n) is 13.2. The smallest absolute Gasteiger partial charge is 0.301 e. The Labute approximate surface area is 246 Å². The number of hydrogen-bond donors (Lipinski definition) is 1. The number of anilines is 1. The predicted octanol–water partition coefficient (Wildman–Crippen LogP) is 6.56. The summed E-state index contributed by atoms with van der Waals surface area (Å²) in [4.78, 5) is 28.3. The van der Waals surface area contributed by atoms with Gasteiger partial charge in [-0.3, -0.25) is 14.5 Å². The topological polar surface area (TPSA) is 102 Å². The first-order valence-corrected chi connectivity index (χ1v) is 15.0. The van der Waals surface area contributed by atoms with Crippen molar-refractivity contribution in [2.75, 3.05) is 18.1 Å². The molecule has 1 aliphatic rings. The van der Waals surface area contributed by atoms with Crippen LogP contribution < -0.4 is 14.4 Å². The van der Waals surface area contributed by atoms with Gasteiger partial charge in [-0.05, 0) is 68.3 Å². The second-order valence-corrected chi connectivity index (χ2v) is 11.4. The molecule has 8 nitrogen and oxygen atoms in total. The van der Waals surface area contributed by atoms with Gasteiger partial charge in [-0.25, -0.2) is 0 Å². The molecule has 1 aliphatic heterocycles. The van der Waals surface area contributed by atoms with E-state index in [2.05, 4.69) is 34.5 Å². The fourth-order valence-corrected chi connectivity index (χ4v) is 6.30. The zero-order valence-corrected chi connectivity index (χ0v) is 24.5. The lowest BCUT2D eigenvalue weighted by Gasteiger charge is -2.22. The Morgan fingerprint density at radius 3 is 2.12 bits per heavy atom. The number of aromatic nitrogens is 2. The van der Waals surface area contributed by atoms with E-state index in [9.17, 15) is 14.7 Å². The highest BCUT2D eigenvalue weighted by atomic mass is 32.2. The summed E-state index contributed by atoms with van der Waals surface area (Å²) >= 11 is 2.74. The van der Waals surface area contributed by atoms with Gasteiger partial charge in [-0.15, -0.1) is 10.2 Å². The minimum absolute atomic E-state index is 0.0209. The molecule has 0 saturated carbocycles. The average molecular weight is 588 g/mol. The fourth-order valence-electron chi connectivity index (χ4n) is 4.48. The van der Waals surface area contributed by atoms with Crippen LogP contribution in [0.4, 0.5) is 5.13 Å². The first-order chi connectivity index (χ1) is 19.9. The van der Waals surface area contributed by atoms with Crippen LogP contribution in [-0.4, -0.2) is 40.2 Å². The molecule has 3 aromatic carbocycles. The van der Waals surface area contributed by atoms with Crippen LogP contribution in [0.5, 0.6) is 11.5 Å². The molecule has 1 unspecified atom stereocenters. The lowest BCUT2D eigenvalue weighted by atomic mass is 9.95. The molecule has 0 spiro atoms. The number of carbonyl (C=O) groups is 2. The van der Waals surface area contributed by atoms with Crippen LogP contribution in [-0.2, 0) is 15.3 Å². The van der Waals surface area contributed by atoms with Gasteiger partial charge in [0.2, 0.25) is 5.13 Å². The van der Waals surface area contributed by atoms with E-state index in [0.717, 1.165) is 5.56 Å². The number of Topliss-reactive ketones (excluding diaryl/α,β-unsaturated/α-hetero) is 1. The number of hydrogen-bond acceptors (Lipinski definition) is 9. The summed E-state index contributed by atoms with van der Waals surface area (Å²) in [6, 6.07) is 21.2. The van der Waals surface area contributed by atoms with Crippen molar-refractivity contribution in [1.82, 2.24) is 10.2 Å². The number of rotatable bonds is 10. The molecule has 1 amide bonds. The number of ketones is 1. The second-order valence-electron chi connectivity index (χ2n) is 9.25. The van der Waals surface area contributed by atoms with Crippen molar-refractivity contribution in [2.45, 2.75) is 36.9 Å². The van der Waals surface area contributed by atoms with E-state index in [1.807, 2.05) is 20.8 Å². The van der Waals surface area contributed by atoms with Crippen molar-refractivity contribution in [1.29, 1.82) is 0 Å². The van der Waals surface area contributed by atoms with Gasteiger partial charge in [0.1, 0.15) is 17.3 Å². The molecule has 2 heterocycles. The molecule has 0 aliphatic carbocycles. The molecule has 0 radical (unpaired) electrons. The molecule has 210 valence electrons. The van der Waals surface area contributed by atoms with Crippen molar-refractivity contribution < 1.29 is 24.2 Å². The molecule has 5 rings (SSSR count). The third-order valence-corrected chi connectivity index (χ3v) is 8.60. The van der Waals surface area contributed by atoms with E-state index in [1.165, 1.54) is 33.6 Å². The van der Waals surface area contributed by atoms with Crippen LogP contribution in [0.25, 0.3) is 5.76 Å². The summed E-state index contributed by atoms with van der Waals surface area (Å²) in [5.74, 6) is 0.143. The van der Waals surface area contributed by atoms with Gasteiger partial charge in [0, 0.05) is 11.3 Å². The molecule has 10 heteroatoms. The molecule has 4 aromatic rings. The van der Waals surface area contributed by atoms with Crippen LogP contribution in [0.1, 0.15) is 42.1 Å². The maximum absolute atomic E-state index is 13.5. The van der Waals surface area contributed by atoms with Crippen molar-refractivity contribution >= 4 is 45.7 Å². The Hall–Kier alpha value is -4.15. The molecular weight excluding hydrogens is 558 g/mol. The standard InChI is InChI=1S/C31H29N3O5S2/c1-4-38-23-14-10-21(11-15-23)26-25(27(35)22-12-16-24(17-13-22)39-5-2)28(36)29(37)34(26)30-32-33-31(41-30)40-18-20-8-6-19(3)7-9-20/h6-17,26,35H,4-5,18H2,1-3H3/b27-25-. The van der Waals surface area contributed by atoms with Crippen molar-refractivity contribution in [3.05, 3.63) is 101 Å². The highest BCUT2D eigenvalue weighted by molar-refractivity contribution is 8.00. The van der Waals surface area contributed by atoms with Crippen LogP contribution in [0.2, 0.25) is 0 Å². The molecule has 1 N–H and O–H groups in total. The average Bonchev–Trinajstić information content (AvgIpc) is 3.55. The highest BCUT2D eigenvalue weighted by Gasteiger charge is 2.48. The van der Waals surface area contributed by atoms with E-state index < -0.39 is 17.7 Å². The zero-order chi connectivity index (χ0) is 28.9. The van der Waals surface area contributed by atoms with Gasteiger partial charge >= 0.3 is 5.91 Å². The lowest BCUT2D eigenvalue weighted by Crippen LogP contribution is -2.29. The van der Waals surface area contributed by atoms with E-state index >= 15 is 0 Å². The van der Waals surface area contributed by atoms with Crippen molar-refractivity contribution in [3.63, 3.8) is 0 Å². The van der Waals surface area contributed by atoms with Crippen LogP contribution >= 0.6 is 23.1 Å². The second kappa shape index (κ2) is 12.6. The van der Waals surface area contributed by atoms with E-state index in [-0.39, 0.29) is 16.5 Å². The van der Waals surface area contributed by atoms with Crippen LogP contribution in [0, 0.1) is 6.92 Å². The van der Waals surface area contributed by atoms with E-state index in [4.69, 9.17) is 9.47 Å². The maximum Gasteiger partial charge on any atom is 0.301 e. The van der Waals surface area contributed by atoms with Gasteiger partial charge < -0.3 is 14.6 Å². The Morgan fingerprint density at radius 1 is 0.902 bits per heavy atom. The van der Waals surface area contributed by atoms with Gasteiger partial charge in [-0.1, -0.05) is 65.1 Å². The molecular formula is C31H29N3O5S2. The summed E-state index contributed by atoms with van der Waals surface area (Å²) in [6.45, 7) is 6.82. The predicted molar refractivity (Wildman–Crippen MR) is 161 cm³/mol. The normalized spacial score (nSPS) is 16.3. The minimum atomic E-state index is -0.903.